The molecule has 0 fully saturated rings. The summed E-state index contributed by atoms with van der Waals surface area (Å²) in [5.41, 5.74) is 0.477. The van der Waals surface area contributed by atoms with Crippen molar-refractivity contribution < 1.29 is 27.5 Å². The highest BCUT2D eigenvalue weighted by molar-refractivity contribution is 5.98. The van der Waals surface area contributed by atoms with Crippen LogP contribution in [0.2, 0.25) is 0 Å². The second-order valence-electron chi connectivity index (χ2n) is 4.04. The molecule has 2 rings (SSSR count). The van der Waals surface area contributed by atoms with Crippen LogP contribution in [0.15, 0.2) is 24.3 Å². The molecule has 0 saturated heterocycles. The molecule has 1 aromatic carbocycles. The quantitative estimate of drug-likeness (QED) is 0.886. The summed E-state index contributed by atoms with van der Waals surface area (Å²) in [6.07, 6.45) is -5.00. The van der Waals surface area contributed by atoms with Crippen molar-refractivity contribution in [3.63, 3.8) is 0 Å². The highest BCUT2D eigenvalue weighted by Gasteiger charge is 2.39. The van der Waals surface area contributed by atoms with Gasteiger partial charge in [0.25, 0.3) is 0 Å². The summed E-state index contributed by atoms with van der Waals surface area (Å²) >= 11 is 0. The first-order chi connectivity index (χ1) is 9.39. The fourth-order valence-corrected chi connectivity index (χ4v) is 1.78. The maximum Gasteiger partial charge on any atom is 0.471 e. The third-order valence-electron chi connectivity index (χ3n) is 2.69. The minimum Gasteiger partial charge on any atom is -0.490 e. The molecule has 2 amide bonds. The molecule has 5 nitrogen and oxygen atoms in total. The maximum absolute atomic E-state index is 12.0. The Labute approximate surface area is 112 Å². The van der Waals surface area contributed by atoms with E-state index in [0.29, 0.717) is 11.4 Å². The van der Waals surface area contributed by atoms with E-state index in [2.05, 4.69) is 0 Å². The molecule has 1 heterocycles. The molecular formula is C12H11F3N2O3. The molecule has 0 spiro atoms. The highest BCUT2D eigenvalue weighted by atomic mass is 19.4. The molecule has 20 heavy (non-hydrogen) atoms. The molecule has 0 aromatic heterocycles. The number of anilines is 1. The lowest BCUT2D eigenvalue weighted by Crippen LogP contribution is -2.46. The van der Waals surface area contributed by atoms with Gasteiger partial charge < -0.3 is 15.0 Å². The molecular weight excluding hydrogens is 277 g/mol. The van der Waals surface area contributed by atoms with E-state index in [4.69, 9.17) is 4.74 Å². The average molecular weight is 288 g/mol. The van der Waals surface area contributed by atoms with Gasteiger partial charge in [-0.15, -0.1) is 0 Å². The fraction of sp³-hybridized carbons (Fsp3) is 0.333. The Balaban J connectivity index is 2.03. The minimum atomic E-state index is -5.00. The van der Waals surface area contributed by atoms with Gasteiger partial charge in [0.15, 0.2) is 0 Å². The van der Waals surface area contributed by atoms with Crippen LogP contribution in [-0.4, -0.2) is 37.7 Å². The Morgan fingerprint density at radius 1 is 1.30 bits per heavy atom. The number of benzene rings is 1. The van der Waals surface area contributed by atoms with Crippen LogP contribution in [0.5, 0.6) is 5.75 Å². The van der Waals surface area contributed by atoms with Gasteiger partial charge in [-0.2, -0.15) is 13.2 Å². The van der Waals surface area contributed by atoms with E-state index in [9.17, 15) is 22.8 Å². The number of para-hydroxylation sites is 2. The second kappa shape index (κ2) is 5.40. The lowest BCUT2D eigenvalue weighted by atomic mass is 10.2. The van der Waals surface area contributed by atoms with Gasteiger partial charge in [-0.1, -0.05) is 12.1 Å². The smallest absolute Gasteiger partial charge is 0.471 e. The Hall–Kier alpha value is -2.25. The molecule has 8 heteroatoms. The first-order valence-electron chi connectivity index (χ1n) is 5.77. The SMILES string of the molecule is O=C(CNC(=O)C(F)(F)F)N1CCOc2ccccc21. The number of nitrogens with zero attached hydrogens (tertiary/aromatic N) is 1. The van der Waals surface area contributed by atoms with Gasteiger partial charge in [-0.3, -0.25) is 9.59 Å². The Kier molecular flexibility index (Phi) is 3.82. The van der Waals surface area contributed by atoms with Crippen LogP contribution in [0.1, 0.15) is 0 Å². The molecule has 0 aliphatic carbocycles. The largest absolute Gasteiger partial charge is 0.490 e. The van der Waals surface area contributed by atoms with Crippen molar-refractivity contribution in [2.24, 2.45) is 0 Å². The summed E-state index contributed by atoms with van der Waals surface area (Å²) in [6, 6.07) is 6.68. The zero-order valence-electron chi connectivity index (χ0n) is 10.2. The molecule has 0 unspecified atom stereocenters. The van der Waals surface area contributed by atoms with Gasteiger partial charge in [0.1, 0.15) is 12.4 Å². The standard InChI is InChI=1S/C12H11F3N2O3/c13-12(14,15)11(19)16-7-10(18)17-5-6-20-9-4-2-1-3-8(9)17/h1-4H,5-7H2,(H,16,19). The van der Waals surface area contributed by atoms with Gasteiger partial charge >= 0.3 is 12.1 Å². The molecule has 0 atom stereocenters. The van der Waals surface area contributed by atoms with Crippen LogP contribution in [0.4, 0.5) is 18.9 Å². The van der Waals surface area contributed by atoms with Gasteiger partial charge in [0.2, 0.25) is 5.91 Å². The molecule has 1 N–H and O–H groups in total. The number of rotatable bonds is 2. The number of carbonyl (C=O) groups excluding carboxylic acids is 2. The van der Waals surface area contributed by atoms with E-state index in [0.717, 1.165) is 0 Å². The molecule has 108 valence electrons. The van der Waals surface area contributed by atoms with Crippen molar-refractivity contribution in [1.82, 2.24) is 5.32 Å². The lowest BCUT2D eigenvalue weighted by molar-refractivity contribution is -0.173. The monoisotopic (exact) mass is 288 g/mol. The summed E-state index contributed by atoms with van der Waals surface area (Å²) in [5.74, 6) is -2.28. The first kappa shape index (κ1) is 14.2. The molecule has 0 bridgehead atoms. The van der Waals surface area contributed by atoms with Crippen molar-refractivity contribution in [1.29, 1.82) is 0 Å². The molecule has 1 aliphatic rings. The Morgan fingerprint density at radius 3 is 2.70 bits per heavy atom. The molecule has 1 aliphatic heterocycles. The predicted octanol–water partition coefficient (Wildman–Crippen LogP) is 1.09. The van der Waals surface area contributed by atoms with Crippen LogP contribution in [0.25, 0.3) is 0 Å². The van der Waals surface area contributed by atoms with Crippen molar-refractivity contribution in [2.75, 3.05) is 24.6 Å². The maximum atomic E-state index is 12.0. The van der Waals surface area contributed by atoms with E-state index in [1.165, 1.54) is 4.90 Å². The summed E-state index contributed by atoms with van der Waals surface area (Å²) in [6.45, 7) is -0.250. The zero-order chi connectivity index (χ0) is 14.8. The zero-order valence-corrected chi connectivity index (χ0v) is 10.2. The number of hydrogen-bond acceptors (Lipinski definition) is 3. The normalized spacial score (nSPS) is 14.2. The number of alkyl halides is 3. The van der Waals surface area contributed by atoms with Gasteiger partial charge in [-0.05, 0) is 12.1 Å². The fourth-order valence-electron chi connectivity index (χ4n) is 1.78. The van der Waals surface area contributed by atoms with Crippen LogP contribution in [0.3, 0.4) is 0 Å². The van der Waals surface area contributed by atoms with E-state index in [1.807, 2.05) is 0 Å². The number of ether oxygens (including phenoxy) is 1. The van der Waals surface area contributed by atoms with Crippen LogP contribution in [0, 0.1) is 0 Å². The number of halogens is 3. The molecule has 0 saturated carbocycles. The average Bonchev–Trinajstić information content (AvgIpc) is 2.42. The highest BCUT2D eigenvalue weighted by Crippen LogP contribution is 2.30. The number of nitrogens with one attached hydrogen (secondary N) is 1. The van der Waals surface area contributed by atoms with Crippen molar-refractivity contribution in [3.05, 3.63) is 24.3 Å². The van der Waals surface area contributed by atoms with E-state index < -0.39 is 24.5 Å². The van der Waals surface area contributed by atoms with Crippen LogP contribution in [-0.2, 0) is 9.59 Å². The summed E-state index contributed by atoms with van der Waals surface area (Å²) in [5, 5.41) is 1.55. The third kappa shape index (κ3) is 3.01. The summed E-state index contributed by atoms with van der Waals surface area (Å²) in [4.78, 5) is 23.8. The van der Waals surface area contributed by atoms with E-state index in [-0.39, 0.29) is 13.2 Å². The minimum absolute atomic E-state index is 0.220. The summed E-state index contributed by atoms with van der Waals surface area (Å²) in [7, 11) is 0. The van der Waals surface area contributed by atoms with Crippen LogP contribution >= 0.6 is 0 Å². The number of hydrogen-bond donors (Lipinski definition) is 1. The topological polar surface area (TPSA) is 58.6 Å². The number of fused-ring (bicyclic) bond motifs is 1. The van der Waals surface area contributed by atoms with Crippen molar-refractivity contribution in [2.45, 2.75) is 6.18 Å². The second-order valence-corrected chi connectivity index (χ2v) is 4.04. The Morgan fingerprint density at radius 2 is 2.00 bits per heavy atom. The lowest BCUT2D eigenvalue weighted by Gasteiger charge is -2.29. The van der Waals surface area contributed by atoms with Gasteiger partial charge in [0.05, 0.1) is 18.8 Å². The predicted molar refractivity (Wildman–Crippen MR) is 63.4 cm³/mol. The third-order valence-corrected chi connectivity index (χ3v) is 2.69. The van der Waals surface area contributed by atoms with E-state index in [1.54, 1.807) is 29.6 Å². The number of carbonyl (C=O) groups is 2. The van der Waals surface area contributed by atoms with Gasteiger partial charge in [0, 0.05) is 0 Å². The van der Waals surface area contributed by atoms with Crippen molar-refractivity contribution >= 4 is 17.5 Å². The summed E-state index contributed by atoms with van der Waals surface area (Å²) < 4.78 is 41.4. The van der Waals surface area contributed by atoms with Crippen molar-refractivity contribution in [3.8, 4) is 5.75 Å². The Bertz CT molecular complexity index is 531. The molecule has 0 radical (unpaired) electrons. The molecule has 1 aromatic rings. The van der Waals surface area contributed by atoms with Gasteiger partial charge in [-0.25, -0.2) is 0 Å². The number of amides is 2. The van der Waals surface area contributed by atoms with E-state index >= 15 is 0 Å². The first-order valence-corrected chi connectivity index (χ1v) is 5.77. The van der Waals surface area contributed by atoms with Crippen LogP contribution < -0.4 is 15.0 Å².